The van der Waals surface area contributed by atoms with Gasteiger partial charge in [0.15, 0.2) is 0 Å². The predicted octanol–water partition coefficient (Wildman–Crippen LogP) is 1.82. The number of hydrogen-bond donors (Lipinski definition) is 0. The third-order valence-electron chi connectivity index (χ3n) is 2.92. The summed E-state index contributed by atoms with van der Waals surface area (Å²) in [5.41, 5.74) is -2.37. The van der Waals surface area contributed by atoms with Crippen molar-refractivity contribution in [1.82, 2.24) is 0 Å². The van der Waals surface area contributed by atoms with Crippen LogP contribution in [-0.2, 0) is 9.47 Å². The maximum Gasteiger partial charge on any atom is 0.374 e. The van der Waals surface area contributed by atoms with Crippen LogP contribution in [0.15, 0.2) is 16.5 Å². The average Bonchev–Trinajstić information content (AvgIpc) is 2.91. The van der Waals surface area contributed by atoms with Crippen LogP contribution in [0.2, 0.25) is 0 Å². The highest BCUT2D eigenvalue weighted by Gasteiger charge is 2.33. The van der Waals surface area contributed by atoms with E-state index in [4.69, 9.17) is 4.42 Å². The number of nitro groups is 2. The van der Waals surface area contributed by atoms with Crippen molar-refractivity contribution >= 4 is 34.3 Å². The molecule has 1 aromatic carbocycles. The molecular weight excluding hydrogens is 316 g/mol. The lowest BCUT2D eigenvalue weighted by Gasteiger charge is -1.99. The highest BCUT2D eigenvalue weighted by atomic mass is 16.6. The van der Waals surface area contributed by atoms with E-state index >= 15 is 0 Å². The predicted molar refractivity (Wildman–Crippen MR) is 72.2 cm³/mol. The summed E-state index contributed by atoms with van der Waals surface area (Å²) >= 11 is 0. The lowest BCUT2D eigenvalue weighted by molar-refractivity contribution is -0.393. The van der Waals surface area contributed by atoms with Crippen LogP contribution in [0.3, 0.4) is 0 Å². The van der Waals surface area contributed by atoms with E-state index in [-0.39, 0.29) is 5.39 Å². The lowest BCUT2D eigenvalue weighted by atomic mass is 10.1. The minimum Gasteiger partial charge on any atom is -0.465 e. The van der Waals surface area contributed by atoms with Crippen LogP contribution in [0.5, 0.6) is 0 Å². The van der Waals surface area contributed by atoms with Crippen molar-refractivity contribution < 1.29 is 33.3 Å². The number of carbonyl (C=O) groups excluding carboxylic acids is 2. The van der Waals surface area contributed by atoms with E-state index in [9.17, 15) is 29.8 Å². The molecule has 0 unspecified atom stereocenters. The molecular formula is C12H8N2O9. The molecule has 0 atom stereocenters. The van der Waals surface area contributed by atoms with Gasteiger partial charge in [-0.05, 0) is 0 Å². The quantitative estimate of drug-likeness (QED) is 0.465. The monoisotopic (exact) mass is 324 g/mol. The van der Waals surface area contributed by atoms with Gasteiger partial charge >= 0.3 is 17.6 Å². The van der Waals surface area contributed by atoms with Crippen molar-refractivity contribution in [3.63, 3.8) is 0 Å². The Hall–Kier alpha value is -3.50. The Morgan fingerprint density at radius 1 is 1.04 bits per heavy atom. The molecule has 23 heavy (non-hydrogen) atoms. The number of nitrogens with zero attached hydrogens (tertiary/aromatic N) is 2. The smallest absolute Gasteiger partial charge is 0.374 e. The van der Waals surface area contributed by atoms with E-state index in [1.54, 1.807) is 0 Å². The molecule has 1 aromatic heterocycles. The first-order valence-electron chi connectivity index (χ1n) is 5.87. The molecule has 0 amide bonds. The number of carbonyl (C=O) groups is 2. The Morgan fingerprint density at radius 2 is 1.65 bits per heavy atom. The van der Waals surface area contributed by atoms with Crippen LogP contribution >= 0.6 is 0 Å². The normalized spacial score (nSPS) is 10.3. The Bertz CT molecular complexity index is 852. The first-order chi connectivity index (χ1) is 10.8. The number of hydrogen-bond acceptors (Lipinski definition) is 9. The summed E-state index contributed by atoms with van der Waals surface area (Å²) in [5, 5.41) is 21.7. The Labute approximate surface area is 126 Å². The zero-order valence-electron chi connectivity index (χ0n) is 11.7. The highest BCUT2D eigenvalue weighted by Crippen LogP contribution is 2.37. The van der Waals surface area contributed by atoms with E-state index in [1.165, 1.54) is 0 Å². The Balaban J connectivity index is 2.97. The van der Waals surface area contributed by atoms with E-state index < -0.39 is 50.1 Å². The molecule has 0 bridgehead atoms. The lowest BCUT2D eigenvalue weighted by Crippen LogP contribution is -2.09. The second kappa shape index (κ2) is 5.71. The number of ether oxygens (including phenoxy) is 2. The average molecular weight is 324 g/mol. The van der Waals surface area contributed by atoms with Crippen LogP contribution in [0.25, 0.3) is 11.0 Å². The fraction of sp³-hybridized carbons (Fsp3) is 0.167. The van der Waals surface area contributed by atoms with Gasteiger partial charge in [0.1, 0.15) is 5.56 Å². The molecule has 0 N–H and O–H groups in total. The van der Waals surface area contributed by atoms with Crippen LogP contribution in [0.1, 0.15) is 20.9 Å². The maximum atomic E-state index is 11.9. The van der Waals surface area contributed by atoms with Crippen LogP contribution < -0.4 is 0 Å². The maximum absolute atomic E-state index is 11.9. The van der Waals surface area contributed by atoms with Crippen molar-refractivity contribution in [3.8, 4) is 0 Å². The first kappa shape index (κ1) is 15.9. The SMILES string of the molecule is COC(=O)c1oc2c([N+](=O)[O-])cc([N+](=O)[O-])cc2c1C(=O)OC. The number of methoxy groups -OCH3 is 2. The number of nitro benzene ring substituents is 2. The molecule has 0 radical (unpaired) electrons. The van der Waals surface area contributed by atoms with Gasteiger partial charge in [-0.3, -0.25) is 20.2 Å². The van der Waals surface area contributed by atoms with Gasteiger partial charge in [-0.15, -0.1) is 0 Å². The molecule has 0 aliphatic rings. The molecule has 11 heteroatoms. The third-order valence-corrected chi connectivity index (χ3v) is 2.92. The number of rotatable bonds is 4. The largest absolute Gasteiger partial charge is 0.465 e. The number of fused-ring (bicyclic) bond motifs is 1. The van der Waals surface area contributed by atoms with Crippen LogP contribution in [0, 0.1) is 20.2 Å². The molecule has 0 saturated carbocycles. The van der Waals surface area contributed by atoms with Gasteiger partial charge in [0.05, 0.1) is 30.1 Å². The molecule has 0 fully saturated rings. The van der Waals surface area contributed by atoms with Gasteiger partial charge in [0, 0.05) is 11.5 Å². The molecule has 0 saturated heterocycles. The van der Waals surface area contributed by atoms with Crippen molar-refractivity contribution in [2.24, 2.45) is 0 Å². The van der Waals surface area contributed by atoms with Crippen molar-refractivity contribution in [2.75, 3.05) is 14.2 Å². The van der Waals surface area contributed by atoms with E-state index in [2.05, 4.69) is 9.47 Å². The minimum absolute atomic E-state index is 0.293. The molecule has 0 spiro atoms. The van der Waals surface area contributed by atoms with Gasteiger partial charge in [0.2, 0.25) is 11.3 Å². The van der Waals surface area contributed by atoms with Crippen molar-refractivity contribution in [3.05, 3.63) is 43.7 Å². The number of benzene rings is 1. The second-order valence-corrected chi connectivity index (χ2v) is 4.15. The third kappa shape index (κ3) is 2.54. The second-order valence-electron chi connectivity index (χ2n) is 4.15. The molecule has 2 rings (SSSR count). The van der Waals surface area contributed by atoms with Gasteiger partial charge in [-0.25, -0.2) is 9.59 Å². The van der Waals surface area contributed by atoms with Crippen molar-refractivity contribution in [2.45, 2.75) is 0 Å². The summed E-state index contributed by atoms with van der Waals surface area (Å²) in [7, 11) is 2.02. The summed E-state index contributed by atoms with van der Waals surface area (Å²) in [6.45, 7) is 0. The van der Waals surface area contributed by atoms with Gasteiger partial charge < -0.3 is 13.9 Å². The number of furan rings is 1. The topological polar surface area (TPSA) is 152 Å². The van der Waals surface area contributed by atoms with E-state index in [0.29, 0.717) is 6.07 Å². The fourth-order valence-electron chi connectivity index (χ4n) is 1.95. The zero-order valence-corrected chi connectivity index (χ0v) is 11.7. The summed E-state index contributed by atoms with van der Waals surface area (Å²) < 4.78 is 14.0. The van der Waals surface area contributed by atoms with E-state index in [0.717, 1.165) is 20.3 Å². The summed E-state index contributed by atoms with van der Waals surface area (Å²) in [5.74, 6) is -2.78. The summed E-state index contributed by atoms with van der Waals surface area (Å²) in [6.07, 6.45) is 0. The molecule has 0 aliphatic carbocycles. The highest BCUT2D eigenvalue weighted by molar-refractivity contribution is 6.13. The van der Waals surface area contributed by atoms with Gasteiger partial charge in [-0.2, -0.15) is 0 Å². The summed E-state index contributed by atoms with van der Waals surface area (Å²) in [6, 6.07) is 1.54. The van der Waals surface area contributed by atoms with Crippen LogP contribution in [-0.4, -0.2) is 36.0 Å². The first-order valence-corrected chi connectivity index (χ1v) is 5.87. The standard InChI is InChI=1S/C12H8N2O9/c1-21-11(15)8-6-3-5(13(17)18)4-7(14(19)20)9(6)23-10(8)12(16)22-2/h3-4H,1-2H3. The van der Waals surface area contributed by atoms with Gasteiger partial charge in [0.25, 0.3) is 5.69 Å². The molecule has 2 aromatic rings. The molecule has 0 aliphatic heterocycles. The number of esters is 2. The zero-order chi connectivity index (χ0) is 17.3. The molecule has 1 heterocycles. The van der Waals surface area contributed by atoms with E-state index in [1.807, 2.05) is 0 Å². The Kier molecular flexibility index (Phi) is 3.94. The van der Waals surface area contributed by atoms with Gasteiger partial charge in [-0.1, -0.05) is 0 Å². The minimum atomic E-state index is -1.08. The van der Waals surface area contributed by atoms with Crippen LogP contribution in [0.4, 0.5) is 11.4 Å². The van der Waals surface area contributed by atoms with Crippen molar-refractivity contribution in [1.29, 1.82) is 0 Å². The Morgan fingerprint density at radius 3 is 2.13 bits per heavy atom. The summed E-state index contributed by atoms with van der Waals surface area (Å²) in [4.78, 5) is 43.7. The number of non-ortho nitro benzene ring substituents is 2. The fourth-order valence-corrected chi connectivity index (χ4v) is 1.95. The molecule has 120 valence electrons. The molecule has 11 nitrogen and oxygen atoms in total.